The first kappa shape index (κ1) is 12.2. The first-order valence-electron chi connectivity index (χ1n) is 5.48. The second kappa shape index (κ2) is 5.37. The Morgan fingerprint density at radius 1 is 1.44 bits per heavy atom. The molecule has 0 spiro atoms. The summed E-state index contributed by atoms with van der Waals surface area (Å²) in [7, 11) is 0. The van der Waals surface area contributed by atoms with Crippen LogP contribution in [0.25, 0.3) is 0 Å². The number of hydrogen-bond acceptors (Lipinski definition) is 2. The standard InChI is InChI=1S/C12H15Cl2NO/c13-9-4-1-3-8(12(9)14)7-10(15)11-5-2-6-16-11/h1,3-4,10-11H,2,5-7,15H2. The van der Waals surface area contributed by atoms with Crippen molar-refractivity contribution in [3.05, 3.63) is 33.8 Å². The van der Waals surface area contributed by atoms with Crippen molar-refractivity contribution in [1.82, 2.24) is 0 Å². The van der Waals surface area contributed by atoms with E-state index in [0.717, 1.165) is 25.0 Å². The average Bonchev–Trinajstić information content (AvgIpc) is 2.78. The Balaban J connectivity index is 2.05. The van der Waals surface area contributed by atoms with Gasteiger partial charge in [-0.25, -0.2) is 0 Å². The molecule has 2 N–H and O–H groups in total. The van der Waals surface area contributed by atoms with E-state index in [1.54, 1.807) is 6.07 Å². The highest BCUT2D eigenvalue weighted by atomic mass is 35.5. The SMILES string of the molecule is NC(Cc1cccc(Cl)c1Cl)C1CCCO1. The van der Waals surface area contributed by atoms with Gasteiger partial charge in [0.1, 0.15) is 0 Å². The van der Waals surface area contributed by atoms with Gasteiger partial charge in [-0.05, 0) is 30.9 Å². The summed E-state index contributed by atoms with van der Waals surface area (Å²) in [6.45, 7) is 0.821. The predicted molar refractivity (Wildman–Crippen MR) is 67.1 cm³/mol. The molecule has 0 saturated carbocycles. The lowest BCUT2D eigenvalue weighted by atomic mass is 10.0. The van der Waals surface area contributed by atoms with E-state index in [1.165, 1.54) is 0 Å². The maximum Gasteiger partial charge on any atom is 0.0730 e. The average molecular weight is 260 g/mol. The van der Waals surface area contributed by atoms with Crippen LogP contribution in [0.3, 0.4) is 0 Å². The summed E-state index contributed by atoms with van der Waals surface area (Å²) in [6, 6.07) is 5.64. The Kier molecular flexibility index (Phi) is 4.09. The number of halogens is 2. The first-order chi connectivity index (χ1) is 7.68. The number of rotatable bonds is 3. The van der Waals surface area contributed by atoms with Gasteiger partial charge < -0.3 is 10.5 Å². The van der Waals surface area contributed by atoms with Gasteiger partial charge in [0, 0.05) is 12.6 Å². The van der Waals surface area contributed by atoms with Crippen molar-refractivity contribution in [3.63, 3.8) is 0 Å². The molecule has 2 atom stereocenters. The van der Waals surface area contributed by atoms with E-state index in [0.29, 0.717) is 16.5 Å². The topological polar surface area (TPSA) is 35.2 Å². The van der Waals surface area contributed by atoms with E-state index in [9.17, 15) is 0 Å². The minimum Gasteiger partial charge on any atom is -0.377 e. The third-order valence-corrected chi connectivity index (χ3v) is 3.79. The van der Waals surface area contributed by atoms with Crippen molar-refractivity contribution in [2.45, 2.75) is 31.4 Å². The molecule has 1 fully saturated rings. The van der Waals surface area contributed by atoms with Gasteiger partial charge in [-0.15, -0.1) is 0 Å². The Morgan fingerprint density at radius 3 is 2.94 bits per heavy atom. The predicted octanol–water partition coefficient (Wildman–Crippen LogP) is 3.04. The number of ether oxygens (including phenoxy) is 1. The Bertz CT molecular complexity index is 364. The first-order valence-corrected chi connectivity index (χ1v) is 6.24. The zero-order valence-corrected chi connectivity index (χ0v) is 10.5. The molecule has 4 heteroatoms. The number of hydrogen-bond donors (Lipinski definition) is 1. The fourth-order valence-electron chi connectivity index (χ4n) is 2.03. The molecular formula is C12H15Cl2NO. The lowest BCUT2D eigenvalue weighted by molar-refractivity contribution is 0.0900. The van der Waals surface area contributed by atoms with Gasteiger partial charge in [0.2, 0.25) is 0 Å². The van der Waals surface area contributed by atoms with Gasteiger partial charge >= 0.3 is 0 Å². The third kappa shape index (κ3) is 2.69. The fourth-order valence-corrected chi connectivity index (χ4v) is 2.43. The molecule has 1 aliphatic rings. The summed E-state index contributed by atoms with van der Waals surface area (Å²) >= 11 is 12.1. The third-order valence-electron chi connectivity index (χ3n) is 2.93. The zero-order valence-electron chi connectivity index (χ0n) is 8.96. The van der Waals surface area contributed by atoms with E-state index < -0.39 is 0 Å². The van der Waals surface area contributed by atoms with E-state index in [2.05, 4.69) is 0 Å². The van der Waals surface area contributed by atoms with Crippen LogP contribution in [-0.4, -0.2) is 18.8 Å². The van der Waals surface area contributed by atoms with E-state index in [-0.39, 0.29) is 12.1 Å². The zero-order chi connectivity index (χ0) is 11.5. The van der Waals surface area contributed by atoms with Gasteiger partial charge in [-0.2, -0.15) is 0 Å². The van der Waals surface area contributed by atoms with Gasteiger partial charge in [0.05, 0.1) is 16.1 Å². The molecule has 88 valence electrons. The summed E-state index contributed by atoms with van der Waals surface area (Å²) < 4.78 is 5.56. The molecule has 1 aliphatic heterocycles. The lowest BCUT2D eigenvalue weighted by Crippen LogP contribution is -2.36. The number of benzene rings is 1. The molecule has 0 aromatic heterocycles. The summed E-state index contributed by atoms with van der Waals surface area (Å²) in [4.78, 5) is 0. The highest BCUT2D eigenvalue weighted by molar-refractivity contribution is 6.42. The molecule has 2 nitrogen and oxygen atoms in total. The second-order valence-electron chi connectivity index (χ2n) is 4.13. The van der Waals surface area contributed by atoms with Crippen LogP contribution in [0.2, 0.25) is 10.0 Å². The van der Waals surface area contributed by atoms with Gasteiger partial charge in [-0.1, -0.05) is 35.3 Å². The van der Waals surface area contributed by atoms with E-state index in [4.69, 9.17) is 33.7 Å². The molecule has 0 aliphatic carbocycles. The molecule has 2 unspecified atom stereocenters. The molecule has 1 saturated heterocycles. The van der Waals surface area contributed by atoms with Crippen molar-refractivity contribution >= 4 is 23.2 Å². The summed E-state index contributed by atoms with van der Waals surface area (Å²) in [5.41, 5.74) is 7.10. The van der Waals surface area contributed by atoms with Crippen molar-refractivity contribution < 1.29 is 4.74 Å². The molecule has 1 aromatic rings. The normalized spacial score (nSPS) is 22.3. The summed E-state index contributed by atoms with van der Waals surface area (Å²) in [5.74, 6) is 0. The van der Waals surface area contributed by atoms with Crippen LogP contribution in [0.15, 0.2) is 18.2 Å². The van der Waals surface area contributed by atoms with Crippen LogP contribution in [0, 0.1) is 0 Å². The Labute approximate surface area is 106 Å². The van der Waals surface area contributed by atoms with Crippen molar-refractivity contribution in [1.29, 1.82) is 0 Å². The molecule has 1 heterocycles. The minimum atomic E-state index is -0.00142. The monoisotopic (exact) mass is 259 g/mol. The van der Waals surface area contributed by atoms with Crippen LogP contribution >= 0.6 is 23.2 Å². The van der Waals surface area contributed by atoms with E-state index >= 15 is 0 Å². The van der Waals surface area contributed by atoms with Crippen LogP contribution in [0.5, 0.6) is 0 Å². The van der Waals surface area contributed by atoms with Gasteiger partial charge in [0.15, 0.2) is 0 Å². The van der Waals surface area contributed by atoms with Crippen LogP contribution in [0.1, 0.15) is 18.4 Å². The minimum absolute atomic E-state index is 0.00142. The largest absolute Gasteiger partial charge is 0.377 e. The van der Waals surface area contributed by atoms with Gasteiger partial charge in [-0.3, -0.25) is 0 Å². The highest BCUT2D eigenvalue weighted by Crippen LogP contribution is 2.27. The second-order valence-corrected chi connectivity index (χ2v) is 4.92. The number of nitrogens with two attached hydrogens (primary N) is 1. The van der Waals surface area contributed by atoms with E-state index in [1.807, 2.05) is 12.1 Å². The maximum atomic E-state index is 6.12. The van der Waals surface area contributed by atoms with Crippen molar-refractivity contribution in [2.75, 3.05) is 6.61 Å². The Morgan fingerprint density at radius 2 is 2.25 bits per heavy atom. The highest BCUT2D eigenvalue weighted by Gasteiger charge is 2.23. The van der Waals surface area contributed by atoms with Crippen molar-refractivity contribution in [2.24, 2.45) is 5.73 Å². The molecule has 1 aromatic carbocycles. The fraction of sp³-hybridized carbons (Fsp3) is 0.500. The lowest BCUT2D eigenvalue weighted by Gasteiger charge is -2.19. The molecule has 0 amide bonds. The van der Waals surface area contributed by atoms with Crippen molar-refractivity contribution in [3.8, 4) is 0 Å². The molecule has 16 heavy (non-hydrogen) atoms. The maximum absolute atomic E-state index is 6.12. The summed E-state index contributed by atoms with van der Waals surface area (Å²) in [5, 5.41) is 1.19. The molecule has 0 bridgehead atoms. The summed E-state index contributed by atoms with van der Waals surface area (Å²) in [6.07, 6.45) is 3.01. The van der Waals surface area contributed by atoms with Crippen LogP contribution in [0.4, 0.5) is 0 Å². The van der Waals surface area contributed by atoms with Crippen LogP contribution in [-0.2, 0) is 11.2 Å². The molecular weight excluding hydrogens is 245 g/mol. The molecule has 0 radical (unpaired) electrons. The van der Waals surface area contributed by atoms with Gasteiger partial charge in [0.25, 0.3) is 0 Å². The molecule has 2 rings (SSSR count). The van der Waals surface area contributed by atoms with Crippen LogP contribution < -0.4 is 5.73 Å². The smallest absolute Gasteiger partial charge is 0.0730 e. The Hall–Kier alpha value is -0.280. The quantitative estimate of drug-likeness (QED) is 0.906.